The van der Waals surface area contributed by atoms with Crippen LogP contribution in [0.5, 0.6) is 0 Å². The number of hydrogen-bond donors (Lipinski definition) is 1. The van der Waals surface area contributed by atoms with E-state index in [1.807, 2.05) is 0 Å². The number of ether oxygens (including phenoxy) is 1. The van der Waals surface area contributed by atoms with Crippen LogP contribution < -0.4 is 5.32 Å². The van der Waals surface area contributed by atoms with Crippen molar-refractivity contribution in [2.45, 2.75) is 50.4 Å². The number of rotatable bonds is 1. The zero-order chi connectivity index (χ0) is 12.2. The van der Waals surface area contributed by atoms with Crippen molar-refractivity contribution in [3.63, 3.8) is 0 Å². The van der Waals surface area contributed by atoms with Crippen LogP contribution in [-0.4, -0.2) is 12.1 Å². The molecule has 2 nitrogen and oxygen atoms in total. The van der Waals surface area contributed by atoms with Gasteiger partial charge in [-0.1, -0.05) is 15.9 Å². The molecule has 2 aliphatic heterocycles. The summed E-state index contributed by atoms with van der Waals surface area (Å²) in [5.41, 5.74) is 4.65. The Balaban J connectivity index is 1.76. The van der Waals surface area contributed by atoms with Crippen molar-refractivity contribution in [3.8, 4) is 0 Å². The Morgan fingerprint density at radius 1 is 1.33 bits per heavy atom. The molecule has 2 fully saturated rings. The van der Waals surface area contributed by atoms with E-state index in [1.54, 1.807) is 0 Å². The highest BCUT2D eigenvalue weighted by atomic mass is 79.9. The van der Waals surface area contributed by atoms with Crippen molar-refractivity contribution in [1.29, 1.82) is 0 Å². The second-order valence-electron chi connectivity index (χ2n) is 5.93. The van der Waals surface area contributed by atoms with Gasteiger partial charge in [-0.25, -0.2) is 0 Å². The van der Waals surface area contributed by atoms with Gasteiger partial charge in [0.25, 0.3) is 0 Å². The SMILES string of the molecule is Brc1cc2c(c([C@@H]3CCCN3)c1)COC1(CC1)C2. The summed E-state index contributed by atoms with van der Waals surface area (Å²) in [7, 11) is 0. The topological polar surface area (TPSA) is 21.3 Å². The van der Waals surface area contributed by atoms with Crippen LogP contribution in [0.3, 0.4) is 0 Å². The van der Waals surface area contributed by atoms with Crippen molar-refractivity contribution in [2.75, 3.05) is 6.54 Å². The standard InChI is InChI=1S/C15H18BrNO/c16-11-6-10-8-15(3-4-15)18-9-13(10)12(7-11)14-2-1-5-17-14/h6-7,14,17H,1-5,8-9H2/t14-/m0/s1. The smallest absolute Gasteiger partial charge is 0.0730 e. The fourth-order valence-corrected chi connectivity index (χ4v) is 3.92. The highest BCUT2D eigenvalue weighted by Gasteiger charge is 2.47. The predicted molar refractivity (Wildman–Crippen MR) is 74.6 cm³/mol. The molecule has 3 heteroatoms. The summed E-state index contributed by atoms with van der Waals surface area (Å²) >= 11 is 3.68. The summed E-state index contributed by atoms with van der Waals surface area (Å²) in [6.07, 6.45) is 6.15. The second kappa shape index (κ2) is 4.06. The molecule has 1 N–H and O–H groups in total. The third-order valence-corrected chi connectivity index (χ3v) is 5.08. The first-order valence-corrected chi connectivity index (χ1v) is 7.74. The van der Waals surface area contributed by atoms with Gasteiger partial charge in [0.05, 0.1) is 12.2 Å². The van der Waals surface area contributed by atoms with Crippen molar-refractivity contribution < 1.29 is 4.74 Å². The van der Waals surface area contributed by atoms with Gasteiger partial charge in [0.15, 0.2) is 0 Å². The molecule has 18 heavy (non-hydrogen) atoms. The molecule has 1 saturated carbocycles. The summed E-state index contributed by atoms with van der Waals surface area (Å²) in [6.45, 7) is 1.97. The van der Waals surface area contributed by atoms with Gasteiger partial charge >= 0.3 is 0 Å². The minimum absolute atomic E-state index is 0.216. The molecule has 2 heterocycles. The molecule has 3 aliphatic rings. The largest absolute Gasteiger partial charge is 0.370 e. The fourth-order valence-electron chi connectivity index (χ4n) is 3.39. The van der Waals surface area contributed by atoms with E-state index in [0.29, 0.717) is 6.04 Å². The molecule has 1 saturated heterocycles. The Hall–Kier alpha value is -0.380. The van der Waals surface area contributed by atoms with Gasteiger partial charge < -0.3 is 10.1 Å². The summed E-state index contributed by atoms with van der Waals surface area (Å²) in [6, 6.07) is 5.13. The third kappa shape index (κ3) is 1.84. The van der Waals surface area contributed by atoms with E-state index in [4.69, 9.17) is 4.74 Å². The average Bonchev–Trinajstić information content (AvgIpc) is 2.92. The fraction of sp³-hybridized carbons (Fsp3) is 0.600. The van der Waals surface area contributed by atoms with Crippen LogP contribution in [-0.2, 0) is 17.8 Å². The maximum absolute atomic E-state index is 6.10. The number of fused-ring (bicyclic) bond motifs is 1. The molecular formula is C15H18BrNO. The van der Waals surface area contributed by atoms with E-state index in [9.17, 15) is 0 Å². The minimum atomic E-state index is 0.216. The summed E-state index contributed by atoms with van der Waals surface area (Å²) in [4.78, 5) is 0. The van der Waals surface area contributed by atoms with Crippen LogP contribution in [0.2, 0.25) is 0 Å². The lowest BCUT2D eigenvalue weighted by molar-refractivity contribution is 0.00747. The first-order valence-electron chi connectivity index (χ1n) is 6.94. The molecular weight excluding hydrogens is 290 g/mol. The van der Waals surface area contributed by atoms with Gasteiger partial charge in [-0.15, -0.1) is 0 Å². The molecule has 0 amide bonds. The van der Waals surface area contributed by atoms with Crippen molar-refractivity contribution in [1.82, 2.24) is 5.32 Å². The Kier molecular flexibility index (Phi) is 2.58. The van der Waals surface area contributed by atoms with Crippen molar-refractivity contribution in [2.24, 2.45) is 0 Å². The van der Waals surface area contributed by atoms with Crippen LogP contribution >= 0.6 is 15.9 Å². The maximum Gasteiger partial charge on any atom is 0.0730 e. The molecule has 1 aliphatic carbocycles. The van der Waals surface area contributed by atoms with Gasteiger partial charge in [0.1, 0.15) is 0 Å². The Morgan fingerprint density at radius 3 is 2.94 bits per heavy atom. The molecule has 0 aromatic heterocycles. The zero-order valence-corrected chi connectivity index (χ0v) is 12.1. The lowest BCUT2D eigenvalue weighted by Crippen LogP contribution is -2.26. The predicted octanol–water partition coefficient (Wildman–Crippen LogP) is 3.48. The monoisotopic (exact) mass is 307 g/mol. The first kappa shape index (κ1) is 11.4. The molecule has 1 atom stereocenters. The second-order valence-corrected chi connectivity index (χ2v) is 6.85. The molecule has 4 rings (SSSR count). The molecule has 1 spiro atoms. The van der Waals surface area contributed by atoms with E-state index >= 15 is 0 Å². The number of hydrogen-bond acceptors (Lipinski definition) is 2. The third-order valence-electron chi connectivity index (χ3n) is 4.62. The Bertz CT molecular complexity index is 490. The normalized spacial score (nSPS) is 28.4. The maximum atomic E-state index is 6.10. The van der Waals surface area contributed by atoms with E-state index in [-0.39, 0.29) is 5.60 Å². The zero-order valence-electron chi connectivity index (χ0n) is 10.5. The van der Waals surface area contributed by atoms with Crippen LogP contribution in [0, 0.1) is 0 Å². The van der Waals surface area contributed by atoms with Gasteiger partial charge in [0.2, 0.25) is 0 Å². The van der Waals surface area contributed by atoms with Crippen LogP contribution in [0.15, 0.2) is 16.6 Å². The Morgan fingerprint density at radius 2 is 2.22 bits per heavy atom. The molecule has 0 unspecified atom stereocenters. The molecule has 96 valence electrons. The van der Waals surface area contributed by atoms with E-state index in [1.165, 1.54) is 46.8 Å². The summed E-state index contributed by atoms with van der Waals surface area (Å²) in [5, 5.41) is 3.61. The summed E-state index contributed by atoms with van der Waals surface area (Å²) in [5.74, 6) is 0. The van der Waals surface area contributed by atoms with E-state index in [2.05, 4.69) is 33.4 Å². The van der Waals surface area contributed by atoms with Gasteiger partial charge in [0, 0.05) is 16.9 Å². The van der Waals surface area contributed by atoms with Crippen LogP contribution in [0.25, 0.3) is 0 Å². The lowest BCUT2D eigenvalue weighted by atomic mass is 9.90. The number of halogens is 1. The highest BCUT2D eigenvalue weighted by Crippen LogP contribution is 2.48. The van der Waals surface area contributed by atoms with Gasteiger partial charge in [-0.05, 0) is 61.1 Å². The van der Waals surface area contributed by atoms with Crippen LogP contribution in [0.4, 0.5) is 0 Å². The minimum Gasteiger partial charge on any atom is -0.370 e. The highest BCUT2D eigenvalue weighted by molar-refractivity contribution is 9.10. The quantitative estimate of drug-likeness (QED) is 0.857. The Labute approximate surface area is 116 Å². The molecule has 1 aromatic rings. The average molecular weight is 308 g/mol. The van der Waals surface area contributed by atoms with Gasteiger partial charge in [-0.2, -0.15) is 0 Å². The summed E-state index contributed by atoms with van der Waals surface area (Å²) < 4.78 is 7.32. The van der Waals surface area contributed by atoms with Gasteiger partial charge in [-0.3, -0.25) is 0 Å². The van der Waals surface area contributed by atoms with E-state index in [0.717, 1.165) is 19.6 Å². The van der Waals surface area contributed by atoms with Crippen molar-refractivity contribution in [3.05, 3.63) is 33.3 Å². The number of nitrogens with one attached hydrogen (secondary N) is 1. The van der Waals surface area contributed by atoms with Crippen LogP contribution in [0.1, 0.15) is 48.4 Å². The molecule has 0 bridgehead atoms. The molecule has 1 aromatic carbocycles. The number of benzene rings is 1. The van der Waals surface area contributed by atoms with E-state index < -0.39 is 0 Å². The molecule has 0 radical (unpaired) electrons. The van der Waals surface area contributed by atoms with Crippen molar-refractivity contribution >= 4 is 15.9 Å². The first-order chi connectivity index (χ1) is 8.76. The lowest BCUT2D eigenvalue weighted by Gasteiger charge is -2.29.